The molecule has 1 rings (SSSR count). The molecule has 0 unspecified atom stereocenters. The molecule has 0 bridgehead atoms. The summed E-state index contributed by atoms with van der Waals surface area (Å²) in [4.78, 5) is 0. The van der Waals surface area contributed by atoms with Crippen molar-refractivity contribution in [2.24, 2.45) is 0 Å². The first kappa shape index (κ1) is 8.75. The SMILES string of the molecule is C=CCCNC1CCOCC1. The van der Waals surface area contributed by atoms with Crippen LogP contribution in [0.2, 0.25) is 0 Å². The minimum atomic E-state index is 0.684. The predicted octanol–water partition coefficient (Wildman–Crippen LogP) is 1.33. The summed E-state index contributed by atoms with van der Waals surface area (Å²) in [7, 11) is 0. The Labute approximate surface area is 68.6 Å². The van der Waals surface area contributed by atoms with Crippen LogP contribution in [0.1, 0.15) is 19.3 Å². The van der Waals surface area contributed by atoms with Gasteiger partial charge in [-0.15, -0.1) is 6.58 Å². The molecule has 2 heteroatoms. The van der Waals surface area contributed by atoms with Gasteiger partial charge < -0.3 is 10.1 Å². The van der Waals surface area contributed by atoms with Gasteiger partial charge in [-0.05, 0) is 25.8 Å². The fraction of sp³-hybridized carbons (Fsp3) is 0.778. The topological polar surface area (TPSA) is 21.3 Å². The number of rotatable bonds is 4. The van der Waals surface area contributed by atoms with Crippen molar-refractivity contribution in [3.05, 3.63) is 12.7 Å². The molecule has 0 aromatic heterocycles. The normalized spacial score (nSPS) is 20.0. The summed E-state index contributed by atoms with van der Waals surface area (Å²) in [6, 6.07) is 0.684. The lowest BCUT2D eigenvalue weighted by molar-refractivity contribution is 0.0782. The van der Waals surface area contributed by atoms with E-state index in [0.29, 0.717) is 6.04 Å². The molecule has 0 aromatic carbocycles. The van der Waals surface area contributed by atoms with Gasteiger partial charge in [0.2, 0.25) is 0 Å². The summed E-state index contributed by atoms with van der Waals surface area (Å²) in [5, 5.41) is 3.47. The van der Waals surface area contributed by atoms with E-state index in [1.54, 1.807) is 0 Å². The van der Waals surface area contributed by atoms with E-state index in [1.165, 1.54) is 0 Å². The second kappa shape index (κ2) is 5.33. The van der Waals surface area contributed by atoms with Crippen molar-refractivity contribution in [3.8, 4) is 0 Å². The molecular formula is C9H17NO. The van der Waals surface area contributed by atoms with Crippen molar-refractivity contribution in [2.45, 2.75) is 25.3 Å². The predicted molar refractivity (Wildman–Crippen MR) is 46.7 cm³/mol. The average Bonchev–Trinajstić information content (AvgIpc) is 2.07. The molecule has 1 N–H and O–H groups in total. The lowest BCUT2D eigenvalue weighted by Crippen LogP contribution is -2.35. The van der Waals surface area contributed by atoms with Gasteiger partial charge in [0.1, 0.15) is 0 Å². The molecule has 0 atom stereocenters. The Bertz CT molecular complexity index is 108. The number of ether oxygens (including phenoxy) is 1. The molecule has 0 saturated carbocycles. The first-order valence-corrected chi connectivity index (χ1v) is 4.35. The molecule has 2 nitrogen and oxygen atoms in total. The summed E-state index contributed by atoms with van der Waals surface area (Å²) in [6.07, 6.45) is 5.35. The highest BCUT2D eigenvalue weighted by Crippen LogP contribution is 2.05. The van der Waals surface area contributed by atoms with Crippen LogP contribution in [-0.4, -0.2) is 25.8 Å². The van der Waals surface area contributed by atoms with Gasteiger partial charge in [0, 0.05) is 19.3 Å². The Morgan fingerprint density at radius 2 is 2.18 bits per heavy atom. The van der Waals surface area contributed by atoms with Crippen LogP contribution >= 0.6 is 0 Å². The van der Waals surface area contributed by atoms with Gasteiger partial charge in [-0.1, -0.05) is 6.08 Å². The highest BCUT2D eigenvalue weighted by Gasteiger charge is 2.11. The van der Waals surface area contributed by atoms with E-state index < -0.39 is 0 Å². The maximum atomic E-state index is 5.25. The Morgan fingerprint density at radius 1 is 1.45 bits per heavy atom. The molecule has 1 aliphatic rings. The number of hydrogen-bond acceptors (Lipinski definition) is 2. The van der Waals surface area contributed by atoms with Crippen LogP contribution in [0.25, 0.3) is 0 Å². The zero-order chi connectivity index (χ0) is 7.94. The van der Waals surface area contributed by atoms with Crippen LogP contribution < -0.4 is 5.32 Å². The van der Waals surface area contributed by atoms with Gasteiger partial charge >= 0.3 is 0 Å². The fourth-order valence-electron chi connectivity index (χ4n) is 1.29. The van der Waals surface area contributed by atoms with Crippen molar-refractivity contribution < 1.29 is 4.74 Å². The average molecular weight is 155 g/mol. The molecule has 1 fully saturated rings. The molecule has 0 aliphatic carbocycles. The molecule has 11 heavy (non-hydrogen) atoms. The first-order valence-electron chi connectivity index (χ1n) is 4.35. The summed E-state index contributed by atoms with van der Waals surface area (Å²) >= 11 is 0. The van der Waals surface area contributed by atoms with Crippen LogP contribution in [0.15, 0.2) is 12.7 Å². The Morgan fingerprint density at radius 3 is 2.82 bits per heavy atom. The van der Waals surface area contributed by atoms with Gasteiger partial charge in [0.05, 0.1) is 0 Å². The van der Waals surface area contributed by atoms with E-state index in [9.17, 15) is 0 Å². The molecule has 1 aliphatic heterocycles. The highest BCUT2D eigenvalue weighted by molar-refractivity contribution is 4.73. The van der Waals surface area contributed by atoms with Crippen LogP contribution in [-0.2, 0) is 4.74 Å². The van der Waals surface area contributed by atoms with E-state index in [4.69, 9.17) is 4.74 Å². The molecule has 0 amide bonds. The quantitative estimate of drug-likeness (QED) is 0.488. The molecule has 0 aromatic rings. The zero-order valence-electron chi connectivity index (χ0n) is 7.01. The van der Waals surface area contributed by atoms with Crippen LogP contribution in [0.3, 0.4) is 0 Å². The van der Waals surface area contributed by atoms with Crippen molar-refractivity contribution in [3.63, 3.8) is 0 Å². The number of nitrogens with one attached hydrogen (secondary N) is 1. The minimum absolute atomic E-state index is 0.684. The van der Waals surface area contributed by atoms with Crippen molar-refractivity contribution in [1.82, 2.24) is 5.32 Å². The van der Waals surface area contributed by atoms with Gasteiger partial charge in [0.25, 0.3) is 0 Å². The Balaban J connectivity index is 2.00. The van der Waals surface area contributed by atoms with Gasteiger partial charge in [-0.3, -0.25) is 0 Å². The van der Waals surface area contributed by atoms with Gasteiger partial charge in [-0.2, -0.15) is 0 Å². The largest absolute Gasteiger partial charge is 0.381 e. The van der Waals surface area contributed by atoms with Crippen LogP contribution in [0, 0.1) is 0 Å². The van der Waals surface area contributed by atoms with Gasteiger partial charge in [-0.25, -0.2) is 0 Å². The molecule has 64 valence electrons. The third-order valence-electron chi connectivity index (χ3n) is 2.00. The summed E-state index contributed by atoms with van der Waals surface area (Å²) in [5.41, 5.74) is 0. The van der Waals surface area contributed by atoms with Crippen LogP contribution in [0.4, 0.5) is 0 Å². The molecule has 0 spiro atoms. The van der Waals surface area contributed by atoms with E-state index in [-0.39, 0.29) is 0 Å². The third kappa shape index (κ3) is 3.54. The standard InChI is InChI=1S/C9H17NO/c1-2-3-6-10-9-4-7-11-8-5-9/h2,9-10H,1,3-8H2. The van der Waals surface area contributed by atoms with Crippen molar-refractivity contribution >= 4 is 0 Å². The van der Waals surface area contributed by atoms with E-state index >= 15 is 0 Å². The van der Waals surface area contributed by atoms with Crippen molar-refractivity contribution in [2.75, 3.05) is 19.8 Å². The molecule has 0 radical (unpaired) electrons. The van der Waals surface area contributed by atoms with E-state index in [1.807, 2.05) is 6.08 Å². The maximum Gasteiger partial charge on any atom is 0.0480 e. The Hall–Kier alpha value is -0.340. The second-order valence-electron chi connectivity index (χ2n) is 2.92. The van der Waals surface area contributed by atoms with E-state index in [0.717, 1.165) is 39.0 Å². The van der Waals surface area contributed by atoms with E-state index in [2.05, 4.69) is 11.9 Å². The molecular weight excluding hydrogens is 138 g/mol. The summed E-state index contributed by atoms with van der Waals surface area (Å²) < 4.78 is 5.25. The van der Waals surface area contributed by atoms with Crippen molar-refractivity contribution in [1.29, 1.82) is 0 Å². The summed E-state index contributed by atoms with van der Waals surface area (Å²) in [5.74, 6) is 0. The van der Waals surface area contributed by atoms with Gasteiger partial charge in [0.15, 0.2) is 0 Å². The first-order chi connectivity index (χ1) is 5.43. The highest BCUT2D eigenvalue weighted by atomic mass is 16.5. The van der Waals surface area contributed by atoms with Crippen LogP contribution in [0.5, 0.6) is 0 Å². The number of hydrogen-bond donors (Lipinski definition) is 1. The maximum absolute atomic E-state index is 5.25. The zero-order valence-corrected chi connectivity index (χ0v) is 7.01. The minimum Gasteiger partial charge on any atom is -0.381 e. The lowest BCUT2D eigenvalue weighted by Gasteiger charge is -2.22. The second-order valence-corrected chi connectivity index (χ2v) is 2.92. The molecule has 1 saturated heterocycles. The summed E-state index contributed by atoms with van der Waals surface area (Å²) in [6.45, 7) is 6.59. The fourth-order valence-corrected chi connectivity index (χ4v) is 1.29. The lowest BCUT2D eigenvalue weighted by atomic mass is 10.1. The smallest absolute Gasteiger partial charge is 0.0480 e. The Kier molecular flexibility index (Phi) is 4.24. The third-order valence-corrected chi connectivity index (χ3v) is 2.00. The molecule has 1 heterocycles. The monoisotopic (exact) mass is 155 g/mol.